The molecule has 0 amide bonds. The zero-order chi connectivity index (χ0) is 9.19. The van der Waals surface area contributed by atoms with Crippen LogP contribution >= 0.6 is 15.9 Å². The number of benzene rings is 1. The minimum absolute atomic E-state index is 0.209. The molecule has 12 heavy (non-hydrogen) atoms. The van der Waals surface area contributed by atoms with Crippen LogP contribution in [0.15, 0.2) is 33.6 Å². The number of nitrogens with one attached hydrogen (secondary N) is 1. The Balaban J connectivity index is 3.14. The average molecular weight is 249 g/mol. The van der Waals surface area contributed by atoms with E-state index in [4.69, 9.17) is 0 Å². The highest BCUT2D eigenvalue weighted by Gasteiger charge is 2.09. The molecule has 0 saturated carbocycles. The van der Waals surface area contributed by atoms with Gasteiger partial charge in [0, 0.05) is 11.5 Å². The van der Waals surface area contributed by atoms with Crippen molar-refractivity contribution in [2.24, 2.45) is 0 Å². The Morgan fingerprint density at radius 1 is 1.25 bits per heavy atom. The van der Waals surface area contributed by atoms with Crippen molar-refractivity contribution in [1.29, 1.82) is 0 Å². The van der Waals surface area contributed by atoms with Crippen LogP contribution in [0.5, 0.6) is 0 Å². The van der Waals surface area contributed by atoms with Gasteiger partial charge in [0.05, 0.1) is 4.90 Å². The van der Waals surface area contributed by atoms with Gasteiger partial charge in [-0.1, -0.05) is 15.9 Å². The molecule has 65 valence electrons. The number of halogens is 1. The number of hydrogen-bond donors (Lipinski definition) is 1. The Labute approximate surface area is 80.0 Å². The van der Waals surface area contributed by atoms with Crippen LogP contribution in [0.2, 0.25) is 0 Å². The summed E-state index contributed by atoms with van der Waals surface area (Å²) in [5.41, 5.74) is 0. The second kappa shape index (κ2) is 3.55. The minimum atomic E-state index is -3.40. The first-order valence-electron chi connectivity index (χ1n) is 3.11. The fourth-order valence-corrected chi connectivity index (χ4v) is 1.62. The number of sulfonamides is 1. The fourth-order valence-electron chi connectivity index (χ4n) is 0.697. The highest BCUT2D eigenvalue weighted by atomic mass is 79.9. The van der Waals surface area contributed by atoms with Crippen LogP contribution in [0.25, 0.3) is 0 Å². The summed E-state index contributed by atoms with van der Waals surface area (Å²) in [7, 11) is -0.290. The Morgan fingerprint density at radius 3 is 2.17 bits per heavy atom. The topological polar surface area (TPSA) is 46.2 Å². The van der Waals surface area contributed by atoms with Crippen molar-refractivity contribution >= 4 is 26.0 Å². The maximum absolute atomic E-state index is 11.1. The Kier molecular flexibility index (Phi) is 2.87. The molecular formula is C7H7BrNO2S. The second-order valence-corrected chi connectivity index (χ2v) is 4.78. The van der Waals surface area contributed by atoms with Crippen molar-refractivity contribution in [3.63, 3.8) is 0 Å². The molecule has 0 atom stereocenters. The summed E-state index contributed by atoms with van der Waals surface area (Å²) >= 11 is 3.20. The summed E-state index contributed by atoms with van der Waals surface area (Å²) in [6, 6.07) is 6.31. The van der Waals surface area contributed by atoms with E-state index in [9.17, 15) is 8.42 Å². The Hall–Kier alpha value is -0.390. The zero-order valence-electron chi connectivity index (χ0n) is 6.12. The molecule has 0 aliphatic carbocycles. The molecule has 0 aromatic heterocycles. The highest BCUT2D eigenvalue weighted by molar-refractivity contribution is 9.10. The van der Waals surface area contributed by atoms with Gasteiger partial charge in [0.2, 0.25) is 10.0 Å². The highest BCUT2D eigenvalue weighted by Crippen LogP contribution is 2.13. The third kappa shape index (κ3) is 2.06. The number of hydrogen-bond acceptors (Lipinski definition) is 2. The zero-order valence-corrected chi connectivity index (χ0v) is 8.52. The third-order valence-corrected chi connectivity index (χ3v) is 3.12. The molecule has 0 saturated heterocycles. The fraction of sp³-hybridized carbons (Fsp3) is 0. The molecule has 1 rings (SSSR count). The second-order valence-electron chi connectivity index (χ2n) is 2.10. The summed E-state index contributed by atoms with van der Waals surface area (Å²) in [5.74, 6) is 0. The van der Waals surface area contributed by atoms with E-state index in [1.807, 2.05) is 4.72 Å². The molecule has 0 aliphatic heterocycles. The summed E-state index contributed by atoms with van der Waals surface area (Å²) in [6.07, 6.45) is 0. The lowest BCUT2D eigenvalue weighted by Gasteiger charge is -2.00. The van der Waals surface area contributed by atoms with Crippen LogP contribution in [0.3, 0.4) is 0 Å². The van der Waals surface area contributed by atoms with E-state index in [0.29, 0.717) is 0 Å². The molecule has 3 nitrogen and oxygen atoms in total. The maximum Gasteiger partial charge on any atom is 0.240 e. The van der Waals surface area contributed by atoms with Gasteiger partial charge >= 0.3 is 0 Å². The van der Waals surface area contributed by atoms with E-state index < -0.39 is 10.0 Å². The molecule has 0 fully saturated rings. The van der Waals surface area contributed by atoms with E-state index >= 15 is 0 Å². The van der Waals surface area contributed by atoms with Crippen LogP contribution in [-0.4, -0.2) is 8.42 Å². The first-order valence-corrected chi connectivity index (χ1v) is 5.38. The first-order chi connectivity index (χ1) is 5.56. The van der Waals surface area contributed by atoms with Gasteiger partial charge in [-0.05, 0) is 24.3 Å². The van der Waals surface area contributed by atoms with Gasteiger partial charge in [-0.25, -0.2) is 13.1 Å². The van der Waals surface area contributed by atoms with E-state index in [0.717, 1.165) is 4.47 Å². The van der Waals surface area contributed by atoms with Gasteiger partial charge in [-0.15, -0.1) is 0 Å². The lowest BCUT2D eigenvalue weighted by Crippen LogP contribution is -2.16. The molecule has 0 aliphatic rings. The van der Waals surface area contributed by atoms with Crippen LogP contribution in [0.4, 0.5) is 0 Å². The van der Waals surface area contributed by atoms with Gasteiger partial charge < -0.3 is 0 Å². The van der Waals surface area contributed by atoms with Crippen molar-refractivity contribution in [3.8, 4) is 0 Å². The van der Waals surface area contributed by atoms with Gasteiger partial charge in [0.1, 0.15) is 0 Å². The average Bonchev–Trinajstić information content (AvgIpc) is 2.05. The van der Waals surface area contributed by atoms with Crippen LogP contribution in [0, 0.1) is 7.05 Å². The summed E-state index contributed by atoms with van der Waals surface area (Å²) in [5, 5.41) is 0. The van der Waals surface area contributed by atoms with Crippen molar-refractivity contribution in [2.45, 2.75) is 4.90 Å². The van der Waals surface area contributed by atoms with E-state index in [1.54, 1.807) is 12.1 Å². The van der Waals surface area contributed by atoms with E-state index in [2.05, 4.69) is 23.0 Å². The lowest BCUT2D eigenvalue weighted by atomic mass is 10.4. The maximum atomic E-state index is 11.1. The molecule has 1 aromatic rings. The summed E-state index contributed by atoms with van der Waals surface area (Å²) in [6.45, 7) is 0. The quantitative estimate of drug-likeness (QED) is 0.863. The van der Waals surface area contributed by atoms with Gasteiger partial charge in [-0.3, -0.25) is 0 Å². The predicted molar refractivity (Wildman–Crippen MR) is 49.8 cm³/mol. The van der Waals surface area contributed by atoms with Crippen molar-refractivity contribution < 1.29 is 8.42 Å². The molecule has 0 spiro atoms. The monoisotopic (exact) mass is 248 g/mol. The van der Waals surface area contributed by atoms with Gasteiger partial charge in [0.25, 0.3) is 0 Å². The smallest absolute Gasteiger partial charge is 0.210 e. The normalized spacial score (nSPS) is 11.5. The summed E-state index contributed by atoms with van der Waals surface area (Å²) < 4.78 is 25.1. The Bertz CT molecular complexity index is 357. The Morgan fingerprint density at radius 2 is 1.75 bits per heavy atom. The van der Waals surface area contributed by atoms with E-state index in [1.165, 1.54) is 12.1 Å². The standard InChI is InChI=1S/C7H7BrNO2S/c1-9-12(10,11)7-4-2-6(8)3-5-7/h2-5,9H,1H2. The molecule has 0 unspecified atom stereocenters. The third-order valence-electron chi connectivity index (χ3n) is 1.31. The van der Waals surface area contributed by atoms with Crippen molar-refractivity contribution in [2.75, 3.05) is 0 Å². The van der Waals surface area contributed by atoms with Crippen molar-refractivity contribution in [1.82, 2.24) is 4.72 Å². The van der Waals surface area contributed by atoms with Crippen LogP contribution in [-0.2, 0) is 10.0 Å². The lowest BCUT2D eigenvalue weighted by molar-refractivity contribution is 0.590. The van der Waals surface area contributed by atoms with E-state index in [-0.39, 0.29) is 4.90 Å². The van der Waals surface area contributed by atoms with Crippen LogP contribution in [0.1, 0.15) is 0 Å². The molecular weight excluding hydrogens is 242 g/mol. The SMILES string of the molecule is [CH2]NS(=O)(=O)c1ccc(Br)cc1. The molecule has 5 heteroatoms. The van der Waals surface area contributed by atoms with Crippen molar-refractivity contribution in [3.05, 3.63) is 35.8 Å². The number of rotatable bonds is 2. The summed E-state index contributed by atoms with van der Waals surface area (Å²) in [4.78, 5) is 0.209. The minimum Gasteiger partial charge on any atom is -0.210 e. The molecule has 0 bridgehead atoms. The largest absolute Gasteiger partial charge is 0.240 e. The molecule has 0 heterocycles. The van der Waals surface area contributed by atoms with Gasteiger partial charge in [-0.2, -0.15) is 0 Å². The van der Waals surface area contributed by atoms with Gasteiger partial charge in [0.15, 0.2) is 0 Å². The molecule has 1 aromatic carbocycles. The first kappa shape index (κ1) is 9.70. The molecule has 1 N–H and O–H groups in total. The van der Waals surface area contributed by atoms with Crippen LogP contribution < -0.4 is 4.72 Å². The predicted octanol–water partition coefficient (Wildman–Crippen LogP) is 1.52. The molecule has 1 radical (unpaired) electrons.